The molecule has 0 spiro atoms. The van der Waals surface area contributed by atoms with Crippen LogP contribution in [0.25, 0.3) is 0 Å². The van der Waals surface area contributed by atoms with Gasteiger partial charge in [-0.15, -0.1) is 24.0 Å². The van der Waals surface area contributed by atoms with Gasteiger partial charge >= 0.3 is 0 Å². The van der Waals surface area contributed by atoms with Crippen LogP contribution in [0.3, 0.4) is 0 Å². The molecule has 3 N–H and O–H groups in total. The molecule has 168 valence electrons. The Morgan fingerprint density at radius 2 is 1.87 bits per heavy atom. The fraction of sp³-hybridized carbons (Fsp3) is 0.435. The summed E-state index contributed by atoms with van der Waals surface area (Å²) in [6, 6.07) is 14.1. The van der Waals surface area contributed by atoms with Gasteiger partial charge in [-0.2, -0.15) is 0 Å². The zero-order valence-corrected chi connectivity index (χ0v) is 20.2. The molecule has 2 aliphatic rings. The van der Waals surface area contributed by atoms with Crippen molar-refractivity contribution < 1.29 is 14.2 Å². The minimum Gasteiger partial charge on any atom is -0.497 e. The average Bonchev–Trinajstić information content (AvgIpc) is 3.19. The van der Waals surface area contributed by atoms with Crippen molar-refractivity contribution >= 4 is 35.6 Å². The van der Waals surface area contributed by atoms with Gasteiger partial charge in [-0.1, -0.05) is 12.1 Å². The average molecular weight is 538 g/mol. The van der Waals surface area contributed by atoms with Gasteiger partial charge in [0.2, 0.25) is 0 Å². The molecule has 7 nitrogen and oxygen atoms in total. The van der Waals surface area contributed by atoms with E-state index < -0.39 is 0 Å². The Morgan fingerprint density at radius 1 is 1.10 bits per heavy atom. The second-order valence-corrected chi connectivity index (χ2v) is 7.60. The number of hydrogen-bond acceptors (Lipinski definition) is 5. The fourth-order valence-electron chi connectivity index (χ4n) is 3.95. The lowest BCUT2D eigenvalue weighted by Gasteiger charge is -2.27. The van der Waals surface area contributed by atoms with Gasteiger partial charge < -0.3 is 25.3 Å². The number of methoxy groups -OCH3 is 1. The standard InChI is InChI=1S/C23H30N4O3.HI/c1-28-19-7-4-6-17(14-19)20(27-10-2-3-11-27)16-25-23(24)26-18-8-9-21-22(15-18)30-13-5-12-29-21;/h4,6-9,14-15,20H,2-3,5,10-13,16H2,1H3,(H3,24,25,26);1H. The number of nitrogens with one attached hydrogen (secondary N) is 1. The first-order valence-corrected chi connectivity index (χ1v) is 10.6. The molecule has 8 heteroatoms. The predicted molar refractivity (Wildman–Crippen MR) is 134 cm³/mol. The van der Waals surface area contributed by atoms with Crippen molar-refractivity contribution in [3.63, 3.8) is 0 Å². The van der Waals surface area contributed by atoms with Crippen molar-refractivity contribution in [1.29, 1.82) is 0 Å². The first-order valence-electron chi connectivity index (χ1n) is 10.6. The van der Waals surface area contributed by atoms with E-state index in [0.717, 1.165) is 42.4 Å². The Bertz CT molecular complexity index is 887. The van der Waals surface area contributed by atoms with Crippen molar-refractivity contribution in [2.75, 3.05) is 45.3 Å². The summed E-state index contributed by atoms with van der Waals surface area (Å²) in [4.78, 5) is 7.13. The highest BCUT2D eigenvalue weighted by molar-refractivity contribution is 14.0. The lowest BCUT2D eigenvalue weighted by molar-refractivity contribution is 0.251. The monoisotopic (exact) mass is 538 g/mol. The molecule has 1 unspecified atom stereocenters. The molecule has 2 aromatic rings. The number of ether oxygens (including phenoxy) is 3. The second-order valence-electron chi connectivity index (χ2n) is 7.60. The largest absolute Gasteiger partial charge is 0.497 e. The third kappa shape index (κ3) is 6.16. The molecule has 1 atom stereocenters. The van der Waals surface area contributed by atoms with Crippen LogP contribution in [-0.4, -0.2) is 50.8 Å². The van der Waals surface area contributed by atoms with E-state index in [1.165, 1.54) is 18.4 Å². The van der Waals surface area contributed by atoms with Crippen LogP contribution in [0.15, 0.2) is 47.5 Å². The number of anilines is 1. The first kappa shape index (κ1) is 23.5. The summed E-state index contributed by atoms with van der Waals surface area (Å²) in [5.74, 6) is 2.74. The smallest absolute Gasteiger partial charge is 0.193 e. The van der Waals surface area contributed by atoms with Gasteiger partial charge in [-0.3, -0.25) is 9.89 Å². The SMILES string of the molecule is COc1cccc(C(CN=C(N)Nc2ccc3c(c2)OCCCO3)N2CCCC2)c1.I. The minimum absolute atomic E-state index is 0. The van der Waals surface area contributed by atoms with Crippen molar-refractivity contribution in [2.24, 2.45) is 10.7 Å². The molecular formula is C23H31IN4O3. The Kier molecular flexibility index (Phi) is 8.65. The first-order chi connectivity index (χ1) is 14.7. The Labute approximate surface area is 201 Å². The fourth-order valence-corrected chi connectivity index (χ4v) is 3.95. The maximum atomic E-state index is 6.22. The topological polar surface area (TPSA) is 81.3 Å². The third-order valence-electron chi connectivity index (χ3n) is 5.51. The highest BCUT2D eigenvalue weighted by atomic mass is 127. The van der Waals surface area contributed by atoms with Gasteiger partial charge in [-0.25, -0.2) is 0 Å². The van der Waals surface area contributed by atoms with Crippen LogP contribution in [-0.2, 0) is 0 Å². The Hall–Kier alpha value is -2.20. The molecule has 2 heterocycles. The molecule has 0 aromatic heterocycles. The maximum absolute atomic E-state index is 6.22. The highest BCUT2D eigenvalue weighted by Crippen LogP contribution is 2.32. The van der Waals surface area contributed by atoms with Gasteiger partial charge in [0.15, 0.2) is 17.5 Å². The van der Waals surface area contributed by atoms with E-state index in [4.69, 9.17) is 19.9 Å². The van der Waals surface area contributed by atoms with Crippen LogP contribution in [0, 0.1) is 0 Å². The maximum Gasteiger partial charge on any atom is 0.193 e. The number of hydrogen-bond donors (Lipinski definition) is 2. The number of likely N-dealkylation sites (tertiary alicyclic amines) is 1. The zero-order chi connectivity index (χ0) is 20.8. The molecule has 2 aromatic carbocycles. The summed E-state index contributed by atoms with van der Waals surface area (Å²) in [6.45, 7) is 4.06. The number of guanidine groups is 1. The van der Waals surface area contributed by atoms with E-state index in [-0.39, 0.29) is 30.0 Å². The molecule has 0 bridgehead atoms. The summed E-state index contributed by atoms with van der Waals surface area (Å²) in [6.07, 6.45) is 3.31. The van der Waals surface area contributed by atoms with E-state index in [2.05, 4.69) is 27.3 Å². The van der Waals surface area contributed by atoms with Crippen molar-refractivity contribution in [2.45, 2.75) is 25.3 Å². The van der Waals surface area contributed by atoms with Crippen LogP contribution in [0.2, 0.25) is 0 Å². The number of aliphatic imine (C=N–C) groups is 1. The molecule has 2 aliphatic heterocycles. The lowest BCUT2D eigenvalue weighted by Crippen LogP contribution is -2.30. The molecule has 0 radical (unpaired) electrons. The minimum atomic E-state index is 0. The molecule has 0 aliphatic carbocycles. The number of halogens is 1. The van der Waals surface area contributed by atoms with Gasteiger partial charge in [0.1, 0.15) is 5.75 Å². The zero-order valence-electron chi connectivity index (χ0n) is 17.9. The summed E-state index contributed by atoms with van der Waals surface area (Å²) >= 11 is 0. The molecule has 31 heavy (non-hydrogen) atoms. The van der Waals surface area contributed by atoms with E-state index >= 15 is 0 Å². The highest BCUT2D eigenvalue weighted by Gasteiger charge is 2.23. The predicted octanol–water partition coefficient (Wildman–Crippen LogP) is 4.04. The van der Waals surface area contributed by atoms with Crippen LogP contribution >= 0.6 is 24.0 Å². The molecule has 4 rings (SSSR count). The number of nitrogens with zero attached hydrogens (tertiary/aromatic N) is 2. The Balaban J connectivity index is 0.00000272. The van der Waals surface area contributed by atoms with Crippen LogP contribution in [0.5, 0.6) is 17.2 Å². The summed E-state index contributed by atoms with van der Waals surface area (Å²) in [7, 11) is 1.69. The third-order valence-corrected chi connectivity index (χ3v) is 5.51. The van der Waals surface area contributed by atoms with Gasteiger partial charge in [0, 0.05) is 18.2 Å². The second kappa shape index (κ2) is 11.4. The van der Waals surface area contributed by atoms with Crippen molar-refractivity contribution in [3.8, 4) is 17.2 Å². The molecule has 1 fully saturated rings. The Morgan fingerprint density at radius 3 is 2.65 bits per heavy atom. The van der Waals surface area contributed by atoms with Gasteiger partial charge in [0.25, 0.3) is 0 Å². The van der Waals surface area contributed by atoms with E-state index in [9.17, 15) is 0 Å². The molecule has 1 saturated heterocycles. The van der Waals surface area contributed by atoms with Crippen LogP contribution in [0.1, 0.15) is 30.9 Å². The van der Waals surface area contributed by atoms with E-state index in [1.54, 1.807) is 7.11 Å². The van der Waals surface area contributed by atoms with Crippen molar-refractivity contribution in [3.05, 3.63) is 48.0 Å². The van der Waals surface area contributed by atoms with Gasteiger partial charge in [0.05, 0.1) is 32.9 Å². The van der Waals surface area contributed by atoms with E-state index in [0.29, 0.717) is 25.7 Å². The number of benzene rings is 2. The number of fused-ring (bicyclic) bond motifs is 1. The van der Waals surface area contributed by atoms with Crippen LogP contribution < -0.4 is 25.3 Å². The quantitative estimate of drug-likeness (QED) is 0.329. The summed E-state index contributed by atoms with van der Waals surface area (Å²) in [5, 5.41) is 3.18. The molecule has 0 saturated carbocycles. The molecule has 0 amide bonds. The number of nitrogens with two attached hydrogens (primary N) is 1. The van der Waals surface area contributed by atoms with Crippen LogP contribution in [0.4, 0.5) is 5.69 Å². The summed E-state index contributed by atoms with van der Waals surface area (Å²) in [5.41, 5.74) is 8.25. The van der Waals surface area contributed by atoms with Gasteiger partial charge in [-0.05, 0) is 55.8 Å². The summed E-state index contributed by atoms with van der Waals surface area (Å²) < 4.78 is 16.8. The lowest BCUT2D eigenvalue weighted by atomic mass is 10.1. The normalized spacial score (nSPS) is 17.4. The molecular weight excluding hydrogens is 507 g/mol. The number of rotatable bonds is 6. The van der Waals surface area contributed by atoms with E-state index in [1.807, 2.05) is 30.3 Å². The van der Waals surface area contributed by atoms with Crippen molar-refractivity contribution in [1.82, 2.24) is 4.90 Å².